The second kappa shape index (κ2) is 6.94. The molecule has 6 nitrogen and oxygen atoms in total. The predicted molar refractivity (Wildman–Crippen MR) is 97.1 cm³/mol. The van der Waals surface area contributed by atoms with Gasteiger partial charge < -0.3 is 9.88 Å². The van der Waals surface area contributed by atoms with Crippen molar-refractivity contribution in [1.82, 2.24) is 9.88 Å². The fourth-order valence-corrected chi connectivity index (χ4v) is 3.04. The van der Waals surface area contributed by atoms with E-state index in [4.69, 9.17) is 11.6 Å². The summed E-state index contributed by atoms with van der Waals surface area (Å²) < 4.78 is 2.10. The minimum atomic E-state index is -0.588. The molecule has 0 aliphatic rings. The van der Waals surface area contributed by atoms with Gasteiger partial charge in [0.15, 0.2) is 0 Å². The van der Waals surface area contributed by atoms with Crippen LogP contribution in [-0.2, 0) is 6.54 Å². The van der Waals surface area contributed by atoms with Gasteiger partial charge in [0.25, 0.3) is 11.6 Å². The molecule has 0 fully saturated rings. The molecule has 0 bridgehead atoms. The van der Waals surface area contributed by atoms with E-state index >= 15 is 0 Å². The average Bonchev–Trinajstić information content (AvgIpc) is 2.90. The molecule has 0 aliphatic carbocycles. The molecule has 0 aliphatic heterocycles. The van der Waals surface area contributed by atoms with E-state index in [1.165, 1.54) is 18.2 Å². The normalized spacial score (nSPS) is 10.8. The molecule has 1 amide bonds. The number of hydrogen-bond donors (Lipinski definition) is 1. The molecule has 25 heavy (non-hydrogen) atoms. The zero-order valence-corrected chi connectivity index (χ0v) is 14.3. The maximum Gasteiger partial charge on any atom is 0.282 e. The molecule has 3 rings (SSSR count). The molecule has 0 saturated carbocycles. The molecule has 1 aromatic heterocycles. The topological polar surface area (TPSA) is 77.2 Å². The molecule has 0 atom stereocenters. The lowest BCUT2D eigenvalue weighted by Crippen LogP contribution is -2.28. The van der Waals surface area contributed by atoms with Crippen LogP contribution in [0.1, 0.15) is 16.1 Å². The third-order valence-corrected chi connectivity index (χ3v) is 4.27. The Morgan fingerprint density at radius 2 is 2.00 bits per heavy atom. The van der Waals surface area contributed by atoms with Gasteiger partial charge in [-0.25, -0.2) is 0 Å². The highest BCUT2D eigenvalue weighted by molar-refractivity contribution is 6.31. The standard InChI is InChI=1S/C18H16ClN3O3/c1-12-10-13-4-2-3-5-16(13)21(12)9-8-20-18(23)15-11-14(19)6-7-17(15)22(24)25/h2-7,10-11H,8-9H2,1H3,(H,20,23). The van der Waals surface area contributed by atoms with Crippen LogP contribution in [0, 0.1) is 17.0 Å². The number of nitrogens with zero attached hydrogens (tertiary/aromatic N) is 2. The van der Waals surface area contributed by atoms with Gasteiger partial charge in [-0.3, -0.25) is 14.9 Å². The molecule has 7 heteroatoms. The van der Waals surface area contributed by atoms with Crippen LogP contribution in [-0.4, -0.2) is 21.9 Å². The van der Waals surface area contributed by atoms with Gasteiger partial charge in [-0.15, -0.1) is 0 Å². The third-order valence-electron chi connectivity index (χ3n) is 4.04. The van der Waals surface area contributed by atoms with Gasteiger partial charge in [-0.2, -0.15) is 0 Å². The minimum absolute atomic E-state index is 0.0356. The number of amides is 1. The van der Waals surface area contributed by atoms with Crippen molar-refractivity contribution in [3.8, 4) is 0 Å². The average molecular weight is 358 g/mol. The number of rotatable bonds is 5. The van der Waals surface area contributed by atoms with Crippen molar-refractivity contribution >= 4 is 34.1 Å². The Morgan fingerprint density at radius 1 is 1.24 bits per heavy atom. The van der Waals surface area contributed by atoms with Crippen LogP contribution in [0.4, 0.5) is 5.69 Å². The summed E-state index contributed by atoms with van der Waals surface area (Å²) in [5, 5.41) is 15.2. The molecule has 0 spiro atoms. The molecule has 2 aromatic carbocycles. The van der Waals surface area contributed by atoms with Crippen LogP contribution in [0.5, 0.6) is 0 Å². The summed E-state index contributed by atoms with van der Waals surface area (Å²) in [5.74, 6) is -0.511. The number of carbonyl (C=O) groups is 1. The highest BCUT2D eigenvalue weighted by Crippen LogP contribution is 2.23. The van der Waals surface area contributed by atoms with E-state index in [0.29, 0.717) is 13.1 Å². The summed E-state index contributed by atoms with van der Waals surface area (Å²) in [6.45, 7) is 2.92. The van der Waals surface area contributed by atoms with Gasteiger partial charge in [-0.1, -0.05) is 29.8 Å². The predicted octanol–water partition coefficient (Wildman–Crippen LogP) is 3.94. The summed E-state index contributed by atoms with van der Waals surface area (Å²) in [6, 6.07) is 14.0. The van der Waals surface area contributed by atoms with Crippen LogP contribution in [0.25, 0.3) is 10.9 Å². The molecule has 1 heterocycles. The maximum atomic E-state index is 12.3. The molecule has 1 N–H and O–H groups in total. The number of halogens is 1. The second-order valence-electron chi connectivity index (χ2n) is 5.67. The number of nitro groups is 1. The molecule has 0 radical (unpaired) electrons. The largest absolute Gasteiger partial charge is 0.350 e. The van der Waals surface area contributed by atoms with E-state index in [1.54, 1.807) is 0 Å². The van der Waals surface area contributed by atoms with E-state index in [1.807, 2.05) is 31.2 Å². The maximum absolute atomic E-state index is 12.3. The van der Waals surface area contributed by atoms with Gasteiger partial charge in [0.1, 0.15) is 5.56 Å². The number of benzene rings is 2. The third kappa shape index (κ3) is 3.49. The number of nitrogens with one attached hydrogen (secondary N) is 1. The molecular weight excluding hydrogens is 342 g/mol. The highest BCUT2D eigenvalue weighted by Gasteiger charge is 2.20. The Bertz CT molecular complexity index is 965. The highest BCUT2D eigenvalue weighted by atomic mass is 35.5. The zero-order valence-electron chi connectivity index (χ0n) is 13.5. The second-order valence-corrected chi connectivity index (χ2v) is 6.11. The first kappa shape index (κ1) is 17.0. The first-order chi connectivity index (χ1) is 12.0. The summed E-state index contributed by atoms with van der Waals surface area (Å²) in [6.07, 6.45) is 0. The Kier molecular flexibility index (Phi) is 4.72. The van der Waals surface area contributed by atoms with Gasteiger partial charge in [-0.05, 0) is 36.6 Å². The van der Waals surface area contributed by atoms with Crippen molar-refractivity contribution in [2.75, 3.05) is 6.54 Å². The number of nitro benzene ring substituents is 1. The van der Waals surface area contributed by atoms with E-state index in [0.717, 1.165) is 16.6 Å². The number of hydrogen-bond acceptors (Lipinski definition) is 3. The summed E-state index contributed by atoms with van der Waals surface area (Å²) in [7, 11) is 0. The Labute approximate surface area is 149 Å². The monoisotopic (exact) mass is 357 g/mol. The number of aryl methyl sites for hydroxylation is 1. The van der Waals surface area contributed by atoms with Crippen LogP contribution >= 0.6 is 11.6 Å². The van der Waals surface area contributed by atoms with Gasteiger partial charge >= 0.3 is 0 Å². The smallest absolute Gasteiger partial charge is 0.282 e. The molecule has 0 saturated heterocycles. The lowest BCUT2D eigenvalue weighted by Gasteiger charge is -2.10. The molecule has 3 aromatic rings. The van der Waals surface area contributed by atoms with Gasteiger partial charge in [0.05, 0.1) is 4.92 Å². The zero-order chi connectivity index (χ0) is 18.0. The van der Waals surface area contributed by atoms with Crippen molar-refractivity contribution in [3.05, 3.63) is 74.9 Å². The van der Waals surface area contributed by atoms with Crippen LogP contribution < -0.4 is 5.32 Å². The van der Waals surface area contributed by atoms with E-state index < -0.39 is 10.8 Å². The van der Waals surface area contributed by atoms with E-state index in [2.05, 4.69) is 16.0 Å². The first-order valence-electron chi connectivity index (χ1n) is 7.74. The fraction of sp³-hybridized carbons (Fsp3) is 0.167. The number of carbonyl (C=O) groups excluding carboxylic acids is 1. The van der Waals surface area contributed by atoms with Crippen LogP contribution in [0.2, 0.25) is 5.02 Å². The van der Waals surface area contributed by atoms with Crippen molar-refractivity contribution in [3.63, 3.8) is 0 Å². The summed E-state index contributed by atoms with van der Waals surface area (Å²) in [4.78, 5) is 22.8. The number of aromatic nitrogens is 1. The Hall–Kier alpha value is -2.86. The molecule has 128 valence electrons. The number of para-hydroxylation sites is 1. The number of fused-ring (bicyclic) bond motifs is 1. The summed E-state index contributed by atoms with van der Waals surface area (Å²) >= 11 is 5.86. The SMILES string of the molecule is Cc1cc2ccccc2n1CCNC(=O)c1cc(Cl)ccc1[N+](=O)[O-]. The minimum Gasteiger partial charge on any atom is -0.350 e. The van der Waals surface area contributed by atoms with Crippen molar-refractivity contribution in [2.24, 2.45) is 0 Å². The fourth-order valence-electron chi connectivity index (χ4n) is 2.87. The lowest BCUT2D eigenvalue weighted by atomic mass is 10.1. The van der Waals surface area contributed by atoms with E-state index in [-0.39, 0.29) is 16.3 Å². The molecular formula is C18H16ClN3O3. The molecule has 0 unspecified atom stereocenters. The van der Waals surface area contributed by atoms with Gasteiger partial charge in [0.2, 0.25) is 0 Å². The van der Waals surface area contributed by atoms with Crippen LogP contribution in [0.15, 0.2) is 48.5 Å². The Morgan fingerprint density at radius 3 is 2.76 bits per heavy atom. The van der Waals surface area contributed by atoms with Crippen LogP contribution in [0.3, 0.4) is 0 Å². The quantitative estimate of drug-likeness (QED) is 0.555. The Balaban J connectivity index is 1.74. The van der Waals surface area contributed by atoms with Crippen molar-refractivity contribution < 1.29 is 9.72 Å². The first-order valence-corrected chi connectivity index (χ1v) is 8.12. The van der Waals surface area contributed by atoms with Gasteiger partial charge in [0, 0.05) is 35.4 Å². The van der Waals surface area contributed by atoms with Crippen molar-refractivity contribution in [1.29, 1.82) is 0 Å². The van der Waals surface area contributed by atoms with Crippen molar-refractivity contribution in [2.45, 2.75) is 13.5 Å². The van der Waals surface area contributed by atoms with E-state index in [9.17, 15) is 14.9 Å². The lowest BCUT2D eigenvalue weighted by molar-refractivity contribution is -0.385. The summed E-state index contributed by atoms with van der Waals surface area (Å²) in [5.41, 5.74) is 1.88.